The van der Waals surface area contributed by atoms with Crippen LogP contribution < -0.4 is 10.2 Å². The second kappa shape index (κ2) is 7.29. The number of rotatable bonds is 4. The van der Waals surface area contributed by atoms with Crippen molar-refractivity contribution >= 4 is 23.2 Å². The Morgan fingerprint density at radius 2 is 1.38 bits per heavy atom. The van der Waals surface area contributed by atoms with Gasteiger partial charge in [0.05, 0.1) is 0 Å². The van der Waals surface area contributed by atoms with Crippen LogP contribution in [0, 0.1) is 5.41 Å². The van der Waals surface area contributed by atoms with E-state index in [0.717, 1.165) is 44.7 Å². The van der Waals surface area contributed by atoms with Crippen molar-refractivity contribution < 1.29 is 9.59 Å². The van der Waals surface area contributed by atoms with E-state index in [4.69, 9.17) is 0 Å². The first-order valence-electron chi connectivity index (χ1n) is 10.1. The van der Waals surface area contributed by atoms with Crippen LogP contribution >= 0.6 is 0 Å². The van der Waals surface area contributed by atoms with Crippen molar-refractivity contribution in [3.63, 3.8) is 0 Å². The van der Waals surface area contributed by atoms with Gasteiger partial charge in [-0.05, 0) is 62.8 Å². The van der Waals surface area contributed by atoms with E-state index in [1.165, 1.54) is 31.4 Å². The average Bonchev–Trinajstić information content (AvgIpc) is 3.38. The number of nitrogens with one attached hydrogen (secondary N) is 1. The maximum absolute atomic E-state index is 13.0. The Hall–Kier alpha value is -2.04. The summed E-state index contributed by atoms with van der Waals surface area (Å²) in [6.07, 6.45) is 8.35. The number of likely N-dealkylation sites (tertiary alicyclic amines) is 1. The standard InChI is InChI=1S/C21H29N3O2/c25-19(21(11-12-21)20(26)24-15-3-1-2-4-16-24)22-17-7-9-18(10-8-17)23-13-5-6-14-23/h7-10H,1-6,11-16H2,(H,22,25). The number of benzene rings is 1. The molecule has 4 rings (SSSR count). The monoisotopic (exact) mass is 355 g/mol. The normalized spacial score (nSPS) is 22.0. The zero-order valence-corrected chi connectivity index (χ0v) is 15.5. The molecule has 0 unspecified atom stereocenters. The van der Waals surface area contributed by atoms with Crippen molar-refractivity contribution in [2.45, 2.75) is 51.4 Å². The lowest BCUT2D eigenvalue weighted by atomic mass is 10.0. The first kappa shape index (κ1) is 17.4. The van der Waals surface area contributed by atoms with E-state index in [1.807, 2.05) is 17.0 Å². The molecule has 1 aliphatic carbocycles. The highest BCUT2D eigenvalue weighted by Crippen LogP contribution is 2.48. The minimum atomic E-state index is -0.808. The van der Waals surface area contributed by atoms with Crippen molar-refractivity contribution in [3.05, 3.63) is 24.3 Å². The van der Waals surface area contributed by atoms with Crippen LogP contribution in [-0.2, 0) is 9.59 Å². The molecule has 5 nitrogen and oxygen atoms in total. The summed E-state index contributed by atoms with van der Waals surface area (Å²) in [5, 5.41) is 2.99. The highest BCUT2D eigenvalue weighted by Gasteiger charge is 2.57. The molecular formula is C21H29N3O2. The molecule has 2 amide bonds. The number of amides is 2. The minimum Gasteiger partial charge on any atom is -0.372 e. The quantitative estimate of drug-likeness (QED) is 0.842. The predicted octanol–water partition coefficient (Wildman–Crippen LogP) is 3.41. The molecule has 5 heteroatoms. The van der Waals surface area contributed by atoms with Crippen LogP contribution in [0.2, 0.25) is 0 Å². The Morgan fingerprint density at radius 1 is 0.808 bits per heavy atom. The SMILES string of the molecule is O=C(Nc1ccc(N2CCCC2)cc1)C1(C(=O)N2CCCCCC2)CC1. The molecule has 0 bridgehead atoms. The van der Waals surface area contributed by atoms with Crippen LogP contribution in [0.3, 0.4) is 0 Å². The second-order valence-corrected chi connectivity index (χ2v) is 7.98. The van der Waals surface area contributed by atoms with Gasteiger partial charge in [0.2, 0.25) is 11.8 Å². The molecule has 1 aromatic carbocycles. The van der Waals surface area contributed by atoms with Gasteiger partial charge in [0.15, 0.2) is 0 Å². The third kappa shape index (κ3) is 3.44. The maximum Gasteiger partial charge on any atom is 0.240 e. The summed E-state index contributed by atoms with van der Waals surface area (Å²) in [5.74, 6) is -0.0775. The summed E-state index contributed by atoms with van der Waals surface area (Å²) < 4.78 is 0. The molecule has 0 spiro atoms. The van der Waals surface area contributed by atoms with E-state index in [0.29, 0.717) is 12.8 Å². The third-order valence-electron chi connectivity index (χ3n) is 6.08. The van der Waals surface area contributed by atoms with Gasteiger partial charge >= 0.3 is 0 Å². The molecule has 2 saturated heterocycles. The zero-order valence-electron chi connectivity index (χ0n) is 15.5. The molecule has 2 aliphatic heterocycles. The van der Waals surface area contributed by atoms with E-state index in [-0.39, 0.29) is 11.8 Å². The van der Waals surface area contributed by atoms with Crippen LogP contribution in [0.15, 0.2) is 24.3 Å². The summed E-state index contributed by atoms with van der Waals surface area (Å²) >= 11 is 0. The molecule has 1 saturated carbocycles. The Labute approximate surface area is 155 Å². The van der Waals surface area contributed by atoms with Gasteiger partial charge < -0.3 is 15.1 Å². The fraction of sp³-hybridized carbons (Fsp3) is 0.619. The highest BCUT2D eigenvalue weighted by atomic mass is 16.2. The molecule has 0 atom stereocenters. The van der Waals surface area contributed by atoms with E-state index < -0.39 is 5.41 Å². The van der Waals surface area contributed by atoms with Gasteiger partial charge in [-0.2, -0.15) is 0 Å². The molecule has 3 fully saturated rings. The summed E-state index contributed by atoms with van der Waals surface area (Å²) in [7, 11) is 0. The number of hydrogen-bond donors (Lipinski definition) is 1. The first-order valence-corrected chi connectivity index (χ1v) is 10.1. The summed E-state index contributed by atoms with van der Waals surface area (Å²) in [6, 6.07) is 8.05. The lowest BCUT2D eigenvalue weighted by molar-refractivity contribution is -0.142. The summed E-state index contributed by atoms with van der Waals surface area (Å²) in [5.41, 5.74) is 1.19. The Balaban J connectivity index is 1.39. The van der Waals surface area contributed by atoms with E-state index in [2.05, 4.69) is 22.3 Å². The molecule has 2 heterocycles. The number of anilines is 2. The molecule has 0 aromatic heterocycles. The number of carbonyl (C=O) groups is 2. The van der Waals surface area contributed by atoms with Gasteiger partial charge in [-0.1, -0.05) is 12.8 Å². The molecule has 1 N–H and O–H groups in total. The third-order valence-corrected chi connectivity index (χ3v) is 6.08. The fourth-order valence-corrected chi connectivity index (χ4v) is 4.22. The van der Waals surface area contributed by atoms with Crippen molar-refractivity contribution in [1.29, 1.82) is 0 Å². The van der Waals surface area contributed by atoms with Gasteiger partial charge in [0.25, 0.3) is 0 Å². The van der Waals surface area contributed by atoms with E-state index >= 15 is 0 Å². The van der Waals surface area contributed by atoms with Gasteiger partial charge in [-0.3, -0.25) is 9.59 Å². The van der Waals surface area contributed by atoms with Gasteiger partial charge in [-0.25, -0.2) is 0 Å². The molecular weight excluding hydrogens is 326 g/mol. The fourth-order valence-electron chi connectivity index (χ4n) is 4.22. The zero-order chi connectivity index (χ0) is 18.0. The Morgan fingerprint density at radius 3 is 1.96 bits per heavy atom. The smallest absolute Gasteiger partial charge is 0.240 e. The van der Waals surface area contributed by atoms with Gasteiger partial charge in [0.1, 0.15) is 5.41 Å². The minimum absolute atomic E-state index is 0.0468. The topological polar surface area (TPSA) is 52.7 Å². The molecule has 140 valence electrons. The first-order chi connectivity index (χ1) is 12.7. The van der Waals surface area contributed by atoms with Crippen LogP contribution in [0.1, 0.15) is 51.4 Å². The van der Waals surface area contributed by atoms with E-state index in [1.54, 1.807) is 0 Å². The lowest BCUT2D eigenvalue weighted by Crippen LogP contribution is -2.43. The Bertz CT molecular complexity index is 652. The lowest BCUT2D eigenvalue weighted by Gasteiger charge is -2.25. The van der Waals surface area contributed by atoms with E-state index in [9.17, 15) is 9.59 Å². The van der Waals surface area contributed by atoms with Gasteiger partial charge in [-0.15, -0.1) is 0 Å². The second-order valence-electron chi connectivity index (χ2n) is 7.98. The molecule has 0 radical (unpaired) electrons. The van der Waals surface area contributed by atoms with Crippen LogP contribution in [0.5, 0.6) is 0 Å². The van der Waals surface area contributed by atoms with Crippen molar-refractivity contribution in [1.82, 2.24) is 4.90 Å². The number of nitrogens with zero attached hydrogens (tertiary/aromatic N) is 2. The van der Waals surface area contributed by atoms with Crippen molar-refractivity contribution in [3.8, 4) is 0 Å². The van der Waals surface area contributed by atoms with Crippen LogP contribution in [-0.4, -0.2) is 42.9 Å². The van der Waals surface area contributed by atoms with Crippen LogP contribution in [0.25, 0.3) is 0 Å². The molecule has 1 aromatic rings. The largest absolute Gasteiger partial charge is 0.372 e. The summed E-state index contributed by atoms with van der Waals surface area (Å²) in [6.45, 7) is 3.83. The number of hydrogen-bond acceptors (Lipinski definition) is 3. The van der Waals surface area contributed by atoms with Crippen molar-refractivity contribution in [2.75, 3.05) is 36.4 Å². The van der Waals surface area contributed by atoms with Gasteiger partial charge in [0, 0.05) is 37.6 Å². The molecule has 26 heavy (non-hydrogen) atoms. The average molecular weight is 355 g/mol. The Kier molecular flexibility index (Phi) is 4.88. The summed E-state index contributed by atoms with van der Waals surface area (Å²) in [4.78, 5) is 30.1. The number of carbonyl (C=O) groups excluding carboxylic acids is 2. The molecule has 3 aliphatic rings. The maximum atomic E-state index is 13.0. The predicted molar refractivity (Wildman–Crippen MR) is 103 cm³/mol. The van der Waals surface area contributed by atoms with Crippen molar-refractivity contribution in [2.24, 2.45) is 5.41 Å². The van der Waals surface area contributed by atoms with Crippen LogP contribution in [0.4, 0.5) is 11.4 Å². The highest BCUT2D eigenvalue weighted by molar-refractivity contribution is 6.13.